The zero-order chi connectivity index (χ0) is 25.8. The predicted molar refractivity (Wildman–Crippen MR) is 143 cm³/mol. The molecule has 8 nitrogen and oxygen atoms in total. The topological polar surface area (TPSA) is 109 Å². The Kier molecular flexibility index (Phi) is 7.18. The molecule has 2 aliphatic rings. The molecular formula is C28H29N5O3S. The van der Waals surface area contributed by atoms with Crippen molar-refractivity contribution in [1.29, 1.82) is 0 Å². The maximum atomic E-state index is 12.7. The first-order valence-corrected chi connectivity index (χ1v) is 13.3. The Morgan fingerprint density at radius 1 is 1.03 bits per heavy atom. The molecule has 2 amide bonds. The van der Waals surface area contributed by atoms with Gasteiger partial charge in [0, 0.05) is 17.6 Å². The van der Waals surface area contributed by atoms with Gasteiger partial charge >= 0.3 is 0 Å². The number of amides is 2. The van der Waals surface area contributed by atoms with E-state index >= 15 is 0 Å². The van der Waals surface area contributed by atoms with Crippen molar-refractivity contribution in [3.8, 4) is 0 Å². The molecule has 2 aliphatic heterocycles. The first-order chi connectivity index (χ1) is 18.0. The highest BCUT2D eigenvalue weighted by atomic mass is 32.2. The van der Waals surface area contributed by atoms with E-state index in [-0.39, 0.29) is 12.3 Å². The zero-order valence-corrected chi connectivity index (χ0v) is 21.2. The third-order valence-electron chi connectivity index (χ3n) is 6.65. The van der Waals surface area contributed by atoms with Gasteiger partial charge in [-0.2, -0.15) is 0 Å². The van der Waals surface area contributed by atoms with Crippen LogP contribution in [0.4, 0.5) is 0 Å². The van der Waals surface area contributed by atoms with E-state index in [9.17, 15) is 9.59 Å². The van der Waals surface area contributed by atoms with Crippen LogP contribution in [0.15, 0.2) is 107 Å². The van der Waals surface area contributed by atoms with E-state index in [2.05, 4.69) is 51.6 Å². The minimum Gasteiger partial charge on any atom is -0.369 e. The Bertz CT molecular complexity index is 1240. The first-order valence-electron chi connectivity index (χ1n) is 12.0. The van der Waals surface area contributed by atoms with Gasteiger partial charge in [0.1, 0.15) is 11.5 Å². The fourth-order valence-electron chi connectivity index (χ4n) is 4.99. The highest BCUT2D eigenvalue weighted by Gasteiger charge is 2.48. The van der Waals surface area contributed by atoms with Crippen molar-refractivity contribution in [2.45, 2.75) is 23.5 Å². The van der Waals surface area contributed by atoms with Gasteiger partial charge in [-0.05, 0) is 27.4 Å². The van der Waals surface area contributed by atoms with Crippen molar-refractivity contribution in [2.75, 3.05) is 13.7 Å². The summed E-state index contributed by atoms with van der Waals surface area (Å²) in [5.74, 6) is -0.576. The van der Waals surface area contributed by atoms with E-state index in [1.165, 1.54) is 7.11 Å². The van der Waals surface area contributed by atoms with Crippen LogP contribution >= 0.6 is 0 Å². The van der Waals surface area contributed by atoms with Crippen molar-refractivity contribution in [3.63, 3.8) is 0 Å². The second-order valence-corrected chi connectivity index (χ2v) is 10.4. The summed E-state index contributed by atoms with van der Waals surface area (Å²) in [6, 6.07) is 30.1. The van der Waals surface area contributed by atoms with E-state index in [1.807, 2.05) is 64.9 Å². The Morgan fingerprint density at radius 3 is 1.92 bits per heavy atom. The molecule has 37 heavy (non-hydrogen) atoms. The maximum absolute atomic E-state index is 12.7. The Hall–Kier alpha value is -3.79. The average Bonchev–Trinajstić information content (AvgIpc) is 3.22. The van der Waals surface area contributed by atoms with Crippen molar-refractivity contribution in [1.82, 2.24) is 15.5 Å². The number of carbonyl (C=O) groups excluding carboxylic acids is 2. The lowest BCUT2D eigenvalue weighted by atomic mass is 9.77. The predicted octanol–water partition coefficient (Wildman–Crippen LogP) is 2.75. The van der Waals surface area contributed by atoms with Gasteiger partial charge in [-0.3, -0.25) is 14.9 Å². The molecule has 0 aromatic heterocycles. The summed E-state index contributed by atoms with van der Waals surface area (Å²) in [4.78, 5) is 31.9. The Balaban J connectivity index is 1.72. The minimum atomic E-state index is -0.845. The highest BCUT2D eigenvalue weighted by Crippen LogP contribution is 2.40. The van der Waals surface area contributed by atoms with Crippen LogP contribution in [0.3, 0.4) is 0 Å². The molecule has 0 aliphatic carbocycles. The normalized spacial score (nSPS) is 21.3. The lowest BCUT2D eigenvalue weighted by Gasteiger charge is -2.46. The first kappa shape index (κ1) is 24.9. The van der Waals surface area contributed by atoms with Gasteiger partial charge in [0.05, 0.1) is 19.1 Å². The number of β-lactam (4-membered cyclic amide) rings is 1. The molecule has 3 atom stereocenters. The van der Waals surface area contributed by atoms with Crippen LogP contribution in [0, 0.1) is 0 Å². The minimum absolute atomic E-state index is 0.000292. The van der Waals surface area contributed by atoms with E-state index in [1.54, 1.807) is 0 Å². The summed E-state index contributed by atoms with van der Waals surface area (Å²) in [7, 11) is 0.658. The third kappa shape index (κ3) is 4.69. The molecule has 3 unspecified atom stereocenters. The number of nitrogens with zero attached hydrogens (tertiary/aromatic N) is 2. The van der Waals surface area contributed by atoms with E-state index in [0.29, 0.717) is 12.2 Å². The van der Waals surface area contributed by atoms with Gasteiger partial charge in [-0.15, -0.1) is 4.53 Å². The van der Waals surface area contributed by atoms with Gasteiger partial charge < -0.3 is 16.0 Å². The number of rotatable bonds is 9. The zero-order valence-electron chi connectivity index (χ0n) is 20.4. The fraction of sp³-hybridized carbons (Fsp3) is 0.214. The average molecular weight is 516 g/mol. The van der Waals surface area contributed by atoms with Crippen molar-refractivity contribution < 1.29 is 14.4 Å². The molecule has 0 bridgehead atoms. The summed E-state index contributed by atoms with van der Waals surface area (Å²) in [5.41, 5.74) is 8.05. The van der Waals surface area contributed by atoms with Crippen LogP contribution in [0.2, 0.25) is 0 Å². The van der Waals surface area contributed by atoms with E-state index < -0.39 is 33.7 Å². The number of primary amides is 1. The second kappa shape index (κ2) is 10.7. The van der Waals surface area contributed by atoms with Crippen molar-refractivity contribution >= 4 is 22.5 Å². The quantitative estimate of drug-likeness (QED) is 0.231. The van der Waals surface area contributed by atoms with Gasteiger partial charge in [-0.1, -0.05) is 91.0 Å². The maximum Gasteiger partial charge on any atom is 0.244 e. The molecule has 9 heteroatoms. The number of hydrogen-bond acceptors (Lipinski definition) is 6. The summed E-state index contributed by atoms with van der Waals surface area (Å²) < 4.78 is 4.41. The van der Waals surface area contributed by atoms with Crippen LogP contribution in [0.25, 0.3) is 0 Å². The van der Waals surface area contributed by atoms with Crippen LogP contribution in [-0.2, 0) is 30.7 Å². The number of hydrogen-bond donors (Lipinski definition) is 3. The van der Waals surface area contributed by atoms with Crippen molar-refractivity contribution in [2.24, 2.45) is 10.3 Å². The van der Waals surface area contributed by atoms with Crippen molar-refractivity contribution in [3.05, 3.63) is 119 Å². The van der Waals surface area contributed by atoms with Gasteiger partial charge in [0.25, 0.3) is 0 Å². The molecular weight excluding hydrogens is 486 g/mol. The third-order valence-corrected chi connectivity index (χ3v) is 8.29. The molecule has 1 saturated heterocycles. The Labute approximate surface area is 218 Å². The largest absolute Gasteiger partial charge is 0.369 e. The summed E-state index contributed by atoms with van der Waals surface area (Å²) in [5, 5.41) is 8.63. The standard InChI is InChI=1S/C28H29N5O3S/c1-36-32-37-19-23(17-25(29)34)33(24-18-30-26(24)35)27(37)31-28(20-11-5-2-6-12-20,21-13-7-3-8-14-21)22-15-9-4-10-16-22/h2-16,19,24,27,31H,17-18H2,1H3,(H2,29,34)(H,30,35). The number of nitrogens with two attached hydrogens (primary N) is 1. The smallest absolute Gasteiger partial charge is 0.244 e. The van der Waals surface area contributed by atoms with Crippen LogP contribution < -0.4 is 16.4 Å². The van der Waals surface area contributed by atoms with E-state index in [4.69, 9.17) is 10.6 Å². The molecule has 5 rings (SSSR count). The number of carbonyl (C=O) groups is 2. The SMILES string of the molecule is CO/N=S1/C=C(CC(N)=O)N(C2CNC2=O)C1NC(c1ccccc1)(c1ccccc1)c1ccccc1. The van der Waals surface area contributed by atoms with Gasteiger partial charge in [-0.25, -0.2) is 4.84 Å². The molecule has 1 fully saturated rings. The monoisotopic (exact) mass is 515 g/mol. The summed E-state index contributed by atoms with van der Waals surface area (Å²) in [6.45, 7) is 0.465. The van der Waals surface area contributed by atoms with Crippen LogP contribution in [0.1, 0.15) is 23.1 Å². The number of nitrogens with one attached hydrogen (secondary N) is 2. The fourth-order valence-corrected chi connectivity index (χ4v) is 6.71. The Morgan fingerprint density at radius 2 is 1.54 bits per heavy atom. The van der Waals surface area contributed by atoms with E-state index in [0.717, 1.165) is 16.7 Å². The summed E-state index contributed by atoms with van der Waals surface area (Å²) >= 11 is 0. The molecule has 0 radical (unpaired) electrons. The summed E-state index contributed by atoms with van der Waals surface area (Å²) in [6.07, 6.45) is -0.000292. The molecule has 2 heterocycles. The van der Waals surface area contributed by atoms with Crippen LogP contribution in [-0.4, -0.2) is 41.9 Å². The van der Waals surface area contributed by atoms with Gasteiger partial charge in [0.15, 0.2) is 0 Å². The molecule has 190 valence electrons. The molecule has 4 N–H and O–H groups in total. The highest BCUT2D eigenvalue weighted by molar-refractivity contribution is 7.90. The molecule has 3 aromatic rings. The molecule has 3 aromatic carbocycles. The number of benzene rings is 3. The lowest BCUT2D eigenvalue weighted by molar-refractivity contribution is -0.133. The van der Waals surface area contributed by atoms with Crippen LogP contribution in [0.5, 0.6) is 0 Å². The van der Waals surface area contributed by atoms with Gasteiger partial charge in [0.2, 0.25) is 11.8 Å². The second-order valence-electron chi connectivity index (χ2n) is 8.87. The lowest BCUT2D eigenvalue weighted by Crippen LogP contribution is -2.67. The molecule has 0 spiro atoms. The molecule has 0 saturated carbocycles.